The van der Waals surface area contributed by atoms with E-state index in [0.29, 0.717) is 0 Å². The molecule has 104 valence electrons. The van der Waals surface area contributed by atoms with Gasteiger partial charge in [-0.05, 0) is 30.9 Å². The van der Waals surface area contributed by atoms with Gasteiger partial charge in [0.1, 0.15) is 11.7 Å². The summed E-state index contributed by atoms with van der Waals surface area (Å²) in [6.07, 6.45) is 4.78. The zero-order chi connectivity index (χ0) is 13.8. The molecule has 0 unspecified atom stereocenters. The van der Waals surface area contributed by atoms with Crippen molar-refractivity contribution in [2.24, 2.45) is 11.7 Å². The number of rotatable bonds is 4. The summed E-state index contributed by atoms with van der Waals surface area (Å²) < 4.78 is 13.8. The summed E-state index contributed by atoms with van der Waals surface area (Å²) in [7, 11) is 0. The van der Waals surface area contributed by atoms with Crippen LogP contribution in [0.5, 0.6) is 0 Å². The lowest BCUT2D eigenvalue weighted by atomic mass is 9.92. The average molecular weight is 263 g/mol. The highest BCUT2D eigenvalue weighted by molar-refractivity contribution is 6.00. The van der Waals surface area contributed by atoms with Crippen molar-refractivity contribution in [2.45, 2.75) is 32.6 Å². The summed E-state index contributed by atoms with van der Waals surface area (Å²) in [5.41, 5.74) is 6.53. The normalized spacial score (nSPS) is 16.6. The number of nitrogens with one attached hydrogen (secondary N) is 1. The standard InChI is InChI=1S/C15H22FN3/c1-2-4-11-7-9-19(10-8-11)13-6-3-5-12(16)14(13)15(17)18/h3,5-6,11H,2,4,7-10H2,1H3,(H3,17,18). The first-order valence-corrected chi connectivity index (χ1v) is 7.01. The molecule has 1 heterocycles. The van der Waals surface area contributed by atoms with Crippen LogP contribution in [-0.4, -0.2) is 18.9 Å². The molecule has 0 spiro atoms. The number of benzene rings is 1. The molecule has 2 rings (SSSR count). The molecule has 1 aromatic carbocycles. The second kappa shape index (κ2) is 6.04. The summed E-state index contributed by atoms with van der Waals surface area (Å²) in [6.45, 7) is 4.07. The number of piperidine rings is 1. The first kappa shape index (κ1) is 13.8. The van der Waals surface area contributed by atoms with Gasteiger partial charge in [-0.25, -0.2) is 4.39 Å². The predicted molar refractivity (Wildman–Crippen MR) is 77.3 cm³/mol. The minimum absolute atomic E-state index is 0.191. The van der Waals surface area contributed by atoms with Crippen LogP contribution < -0.4 is 10.6 Å². The molecule has 4 heteroatoms. The number of hydrogen-bond donors (Lipinski definition) is 2. The molecule has 0 saturated carbocycles. The van der Waals surface area contributed by atoms with Crippen molar-refractivity contribution in [2.75, 3.05) is 18.0 Å². The fourth-order valence-electron chi connectivity index (χ4n) is 2.91. The summed E-state index contributed by atoms with van der Waals surface area (Å²) in [5.74, 6) is 0.194. The molecule has 0 aliphatic carbocycles. The number of nitrogens with zero attached hydrogens (tertiary/aromatic N) is 1. The number of nitrogens with two attached hydrogens (primary N) is 1. The highest BCUT2D eigenvalue weighted by atomic mass is 19.1. The molecular formula is C15H22FN3. The van der Waals surface area contributed by atoms with Gasteiger partial charge >= 0.3 is 0 Å². The number of nitrogen functional groups attached to an aromatic ring is 1. The van der Waals surface area contributed by atoms with Gasteiger partial charge < -0.3 is 10.6 Å². The fraction of sp³-hybridized carbons (Fsp3) is 0.533. The van der Waals surface area contributed by atoms with Gasteiger partial charge in [-0.2, -0.15) is 0 Å². The van der Waals surface area contributed by atoms with Gasteiger partial charge in [0.15, 0.2) is 0 Å². The molecule has 0 aromatic heterocycles. The van der Waals surface area contributed by atoms with E-state index in [4.69, 9.17) is 11.1 Å². The number of amidine groups is 1. The zero-order valence-electron chi connectivity index (χ0n) is 11.5. The quantitative estimate of drug-likeness (QED) is 0.647. The molecule has 1 fully saturated rings. The van der Waals surface area contributed by atoms with Gasteiger partial charge in [-0.1, -0.05) is 25.8 Å². The Balaban J connectivity index is 2.15. The Morgan fingerprint density at radius 1 is 1.42 bits per heavy atom. The molecule has 0 amide bonds. The summed E-state index contributed by atoms with van der Waals surface area (Å²) in [5, 5.41) is 7.55. The first-order valence-electron chi connectivity index (χ1n) is 7.01. The summed E-state index contributed by atoms with van der Waals surface area (Å²) >= 11 is 0. The van der Waals surface area contributed by atoms with Crippen LogP contribution in [0.15, 0.2) is 18.2 Å². The van der Waals surface area contributed by atoms with E-state index in [2.05, 4.69) is 11.8 Å². The zero-order valence-corrected chi connectivity index (χ0v) is 11.5. The van der Waals surface area contributed by atoms with Crippen molar-refractivity contribution in [3.63, 3.8) is 0 Å². The number of hydrogen-bond acceptors (Lipinski definition) is 2. The van der Waals surface area contributed by atoms with Crippen LogP contribution in [0.4, 0.5) is 10.1 Å². The second-order valence-corrected chi connectivity index (χ2v) is 5.27. The van der Waals surface area contributed by atoms with E-state index in [1.54, 1.807) is 6.07 Å². The Bertz CT molecular complexity index is 451. The minimum atomic E-state index is -0.402. The topological polar surface area (TPSA) is 53.1 Å². The maximum absolute atomic E-state index is 13.8. The van der Waals surface area contributed by atoms with Crippen molar-refractivity contribution in [3.05, 3.63) is 29.6 Å². The van der Waals surface area contributed by atoms with Crippen molar-refractivity contribution >= 4 is 11.5 Å². The van der Waals surface area contributed by atoms with E-state index in [1.165, 1.54) is 18.9 Å². The molecule has 3 N–H and O–H groups in total. The van der Waals surface area contributed by atoms with Crippen LogP contribution in [0.1, 0.15) is 38.2 Å². The van der Waals surface area contributed by atoms with Crippen molar-refractivity contribution in [3.8, 4) is 0 Å². The lowest BCUT2D eigenvalue weighted by Gasteiger charge is -2.34. The molecule has 1 aromatic rings. The van der Waals surface area contributed by atoms with Gasteiger partial charge in [0.2, 0.25) is 0 Å². The van der Waals surface area contributed by atoms with Gasteiger partial charge in [0, 0.05) is 13.1 Å². The molecule has 19 heavy (non-hydrogen) atoms. The van der Waals surface area contributed by atoms with E-state index < -0.39 is 5.82 Å². The molecule has 3 nitrogen and oxygen atoms in total. The molecular weight excluding hydrogens is 241 g/mol. The molecule has 1 saturated heterocycles. The predicted octanol–water partition coefficient (Wildman–Crippen LogP) is 3.13. The SMILES string of the molecule is CCCC1CCN(c2cccc(F)c2C(=N)N)CC1. The van der Waals surface area contributed by atoms with E-state index in [0.717, 1.165) is 37.5 Å². The van der Waals surface area contributed by atoms with Crippen molar-refractivity contribution in [1.82, 2.24) is 0 Å². The summed E-state index contributed by atoms with van der Waals surface area (Å²) in [6, 6.07) is 4.92. The Labute approximate surface area is 114 Å². The van der Waals surface area contributed by atoms with Gasteiger partial charge in [0.25, 0.3) is 0 Å². The fourth-order valence-corrected chi connectivity index (χ4v) is 2.91. The molecule has 1 aliphatic heterocycles. The van der Waals surface area contributed by atoms with Gasteiger partial charge in [0.05, 0.1) is 11.3 Å². The van der Waals surface area contributed by atoms with Crippen LogP contribution in [0.25, 0.3) is 0 Å². The van der Waals surface area contributed by atoms with Crippen molar-refractivity contribution in [1.29, 1.82) is 5.41 Å². The highest BCUT2D eigenvalue weighted by Crippen LogP contribution is 2.29. The number of halogens is 1. The van der Waals surface area contributed by atoms with Crippen molar-refractivity contribution < 1.29 is 4.39 Å². The van der Waals surface area contributed by atoms with Crippen LogP contribution >= 0.6 is 0 Å². The van der Waals surface area contributed by atoms with E-state index in [1.807, 2.05) is 6.07 Å². The monoisotopic (exact) mass is 263 g/mol. The number of anilines is 1. The third-order valence-corrected chi connectivity index (χ3v) is 3.91. The highest BCUT2D eigenvalue weighted by Gasteiger charge is 2.22. The van der Waals surface area contributed by atoms with Crippen LogP contribution in [0.2, 0.25) is 0 Å². The molecule has 1 aliphatic rings. The summed E-state index contributed by atoms with van der Waals surface area (Å²) in [4.78, 5) is 2.16. The van der Waals surface area contributed by atoms with E-state index >= 15 is 0 Å². The average Bonchev–Trinajstić information content (AvgIpc) is 2.39. The Morgan fingerprint density at radius 2 is 2.11 bits per heavy atom. The molecule has 0 atom stereocenters. The molecule has 0 bridgehead atoms. The minimum Gasteiger partial charge on any atom is -0.384 e. The van der Waals surface area contributed by atoms with E-state index in [-0.39, 0.29) is 11.4 Å². The lowest BCUT2D eigenvalue weighted by molar-refractivity contribution is 0.378. The van der Waals surface area contributed by atoms with Gasteiger partial charge in [-0.3, -0.25) is 5.41 Å². The lowest BCUT2D eigenvalue weighted by Crippen LogP contribution is -2.35. The van der Waals surface area contributed by atoms with Gasteiger partial charge in [-0.15, -0.1) is 0 Å². The van der Waals surface area contributed by atoms with E-state index in [9.17, 15) is 4.39 Å². The smallest absolute Gasteiger partial charge is 0.136 e. The Morgan fingerprint density at radius 3 is 2.68 bits per heavy atom. The van der Waals surface area contributed by atoms with Crippen LogP contribution in [0.3, 0.4) is 0 Å². The Kier molecular flexibility index (Phi) is 4.40. The maximum atomic E-state index is 13.8. The Hall–Kier alpha value is -1.58. The first-order chi connectivity index (χ1) is 9.13. The maximum Gasteiger partial charge on any atom is 0.136 e. The third kappa shape index (κ3) is 3.06. The second-order valence-electron chi connectivity index (χ2n) is 5.27. The van der Waals surface area contributed by atoms with Crippen LogP contribution in [0, 0.1) is 17.1 Å². The molecule has 0 radical (unpaired) electrons. The third-order valence-electron chi connectivity index (χ3n) is 3.91. The largest absolute Gasteiger partial charge is 0.384 e. The van der Waals surface area contributed by atoms with Crippen LogP contribution in [-0.2, 0) is 0 Å².